The SMILES string of the molecule is COc1ccc(NN2CCCCC2)nc1. The van der Waals surface area contributed by atoms with Gasteiger partial charge in [0.2, 0.25) is 0 Å². The van der Waals surface area contributed by atoms with Gasteiger partial charge in [-0.2, -0.15) is 0 Å². The van der Waals surface area contributed by atoms with Crippen molar-refractivity contribution in [3.05, 3.63) is 18.3 Å². The molecule has 1 aliphatic heterocycles. The number of methoxy groups -OCH3 is 1. The molecule has 1 aliphatic rings. The molecule has 0 aliphatic carbocycles. The summed E-state index contributed by atoms with van der Waals surface area (Å²) < 4.78 is 5.06. The lowest BCUT2D eigenvalue weighted by atomic mass is 10.2. The molecule has 0 unspecified atom stereocenters. The zero-order chi connectivity index (χ0) is 10.5. The number of hydrogen-bond acceptors (Lipinski definition) is 4. The molecule has 1 saturated heterocycles. The smallest absolute Gasteiger partial charge is 0.140 e. The second-order valence-corrected chi connectivity index (χ2v) is 3.74. The zero-order valence-electron chi connectivity index (χ0n) is 9.07. The van der Waals surface area contributed by atoms with Gasteiger partial charge in [-0.3, -0.25) is 0 Å². The summed E-state index contributed by atoms with van der Waals surface area (Å²) in [6.07, 6.45) is 5.60. The van der Waals surface area contributed by atoms with Gasteiger partial charge in [-0.05, 0) is 25.0 Å². The molecule has 0 bridgehead atoms. The van der Waals surface area contributed by atoms with Crippen molar-refractivity contribution < 1.29 is 4.74 Å². The van der Waals surface area contributed by atoms with Gasteiger partial charge in [0.25, 0.3) is 0 Å². The number of nitrogens with one attached hydrogen (secondary N) is 1. The Balaban J connectivity index is 1.91. The molecule has 4 nitrogen and oxygen atoms in total. The van der Waals surface area contributed by atoms with E-state index < -0.39 is 0 Å². The Kier molecular flexibility index (Phi) is 3.40. The molecule has 82 valence electrons. The number of hydrazine groups is 1. The molecule has 0 amide bonds. The van der Waals surface area contributed by atoms with Gasteiger partial charge in [-0.15, -0.1) is 0 Å². The van der Waals surface area contributed by atoms with Crippen molar-refractivity contribution in [2.45, 2.75) is 19.3 Å². The topological polar surface area (TPSA) is 37.4 Å². The van der Waals surface area contributed by atoms with Crippen LogP contribution in [0.1, 0.15) is 19.3 Å². The van der Waals surface area contributed by atoms with E-state index in [1.54, 1.807) is 13.3 Å². The number of anilines is 1. The van der Waals surface area contributed by atoms with Crippen LogP contribution in [0.15, 0.2) is 18.3 Å². The summed E-state index contributed by atoms with van der Waals surface area (Å²) in [7, 11) is 1.65. The van der Waals surface area contributed by atoms with Crippen molar-refractivity contribution in [3.63, 3.8) is 0 Å². The second kappa shape index (κ2) is 4.98. The highest BCUT2D eigenvalue weighted by atomic mass is 16.5. The van der Waals surface area contributed by atoms with Gasteiger partial charge in [0.1, 0.15) is 11.6 Å². The summed E-state index contributed by atoms with van der Waals surface area (Å²) in [6, 6.07) is 3.85. The van der Waals surface area contributed by atoms with Crippen LogP contribution >= 0.6 is 0 Å². The maximum atomic E-state index is 5.06. The molecule has 2 heterocycles. The Hall–Kier alpha value is -1.29. The van der Waals surface area contributed by atoms with Crippen molar-refractivity contribution in [1.82, 2.24) is 9.99 Å². The lowest BCUT2D eigenvalue weighted by molar-refractivity contribution is 0.272. The first-order chi connectivity index (χ1) is 7.38. The van der Waals surface area contributed by atoms with Gasteiger partial charge >= 0.3 is 0 Å². The van der Waals surface area contributed by atoms with E-state index in [1.807, 2.05) is 12.1 Å². The van der Waals surface area contributed by atoms with Crippen LogP contribution < -0.4 is 10.2 Å². The zero-order valence-corrected chi connectivity index (χ0v) is 9.07. The van der Waals surface area contributed by atoms with Crippen LogP contribution in [0.3, 0.4) is 0 Å². The number of hydrogen-bond donors (Lipinski definition) is 1. The van der Waals surface area contributed by atoms with Crippen molar-refractivity contribution in [2.24, 2.45) is 0 Å². The van der Waals surface area contributed by atoms with Crippen molar-refractivity contribution in [3.8, 4) is 5.75 Å². The van der Waals surface area contributed by atoms with Gasteiger partial charge in [-0.1, -0.05) is 6.42 Å². The third kappa shape index (κ3) is 2.83. The molecule has 1 aromatic rings. The first-order valence-electron chi connectivity index (χ1n) is 5.40. The van der Waals surface area contributed by atoms with Gasteiger partial charge in [0.05, 0.1) is 13.3 Å². The summed E-state index contributed by atoms with van der Waals surface area (Å²) in [6.45, 7) is 2.21. The normalized spacial score (nSPS) is 17.4. The maximum absolute atomic E-state index is 5.06. The van der Waals surface area contributed by atoms with Crippen molar-refractivity contribution in [2.75, 3.05) is 25.6 Å². The van der Waals surface area contributed by atoms with Crippen LogP contribution in [0.4, 0.5) is 5.82 Å². The molecular formula is C11H17N3O. The fourth-order valence-corrected chi connectivity index (χ4v) is 1.73. The van der Waals surface area contributed by atoms with Crippen LogP contribution in [0.5, 0.6) is 5.75 Å². The molecule has 4 heteroatoms. The number of nitrogens with zero attached hydrogens (tertiary/aromatic N) is 2. The number of pyridine rings is 1. The minimum absolute atomic E-state index is 0.791. The highest BCUT2D eigenvalue weighted by molar-refractivity contribution is 5.36. The van der Waals surface area contributed by atoms with E-state index in [0.29, 0.717) is 0 Å². The van der Waals surface area contributed by atoms with E-state index in [2.05, 4.69) is 15.4 Å². The van der Waals surface area contributed by atoms with E-state index in [1.165, 1.54) is 19.3 Å². The number of aromatic nitrogens is 1. The standard InChI is InChI=1S/C11H17N3O/c1-15-10-5-6-11(12-9-10)13-14-7-3-2-4-8-14/h5-6,9H,2-4,7-8H2,1H3,(H,12,13). The predicted molar refractivity (Wildman–Crippen MR) is 59.8 cm³/mol. The maximum Gasteiger partial charge on any atom is 0.140 e. The summed E-state index contributed by atoms with van der Waals surface area (Å²) in [4.78, 5) is 4.27. The molecule has 0 spiro atoms. The number of rotatable bonds is 3. The molecule has 1 aromatic heterocycles. The number of piperidine rings is 1. The Morgan fingerprint density at radius 1 is 1.27 bits per heavy atom. The summed E-state index contributed by atoms with van der Waals surface area (Å²) >= 11 is 0. The predicted octanol–water partition coefficient (Wildman–Crippen LogP) is 1.90. The van der Waals surface area contributed by atoms with E-state index in [9.17, 15) is 0 Å². The summed E-state index contributed by atoms with van der Waals surface area (Å²) in [5.41, 5.74) is 3.30. The van der Waals surface area contributed by atoms with Gasteiger partial charge in [-0.25, -0.2) is 9.99 Å². The van der Waals surface area contributed by atoms with Gasteiger partial charge < -0.3 is 10.2 Å². The van der Waals surface area contributed by atoms with Gasteiger partial charge in [0.15, 0.2) is 0 Å². The van der Waals surface area contributed by atoms with Crippen LogP contribution in [0, 0.1) is 0 Å². The average Bonchev–Trinajstić information content (AvgIpc) is 2.31. The minimum atomic E-state index is 0.791. The van der Waals surface area contributed by atoms with Crippen molar-refractivity contribution in [1.29, 1.82) is 0 Å². The highest BCUT2D eigenvalue weighted by Crippen LogP contribution is 2.14. The lowest BCUT2D eigenvalue weighted by Gasteiger charge is -2.27. The molecule has 15 heavy (non-hydrogen) atoms. The summed E-state index contributed by atoms with van der Waals surface area (Å²) in [5.74, 6) is 1.68. The fourth-order valence-electron chi connectivity index (χ4n) is 1.73. The summed E-state index contributed by atoms with van der Waals surface area (Å²) in [5, 5.41) is 2.22. The Labute approximate surface area is 90.2 Å². The molecule has 2 rings (SSSR count). The molecule has 0 radical (unpaired) electrons. The van der Waals surface area contributed by atoms with Crippen LogP contribution in [-0.4, -0.2) is 30.2 Å². The van der Waals surface area contributed by atoms with E-state index in [4.69, 9.17) is 4.74 Å². The fraction of sp³-hybridized carbons (Fsp3) is 0.545. The van der Waals surface area contributed by atoms with Crippen LogP contribution in [0.2, 0.25) is 0 Å². The molecule has 0 aromatic carbocycles. The third-order valence-electron chi connectivity index (χ3n) is 2.60. The Morgan fingerprint density at radius 3 is 2.67 bits per heavy atom. The molecular weight excluding hydrogens is 190 g/mol. The molecule has 1 N–H and O–H groups in total. The van der Waals surface area contributed by atoms with Crippen LogP contribution in [-0.2, 0) is 0 Å². The third-order valence-corrected chi connectivity index (χ3v) is 2.60. The van der Waals surface area contributed by atoms with E-state index >= 15 is 0 Å². The minimum Gasteiger partial charge on any atom is -0.495 e. The van der Waals surface area contributed by atoms with E-state index in [-0.39, 0.29) is 0 Å². The quantitative estimate of drug-likeness (QED) is 0.821. The highest BCUT2D eigenvalue weighted by Gasteiger charge is 2.09. The van der Waals surface area contributed by atoms with Gasteiger partial charge in [0, 0.05) is 13.1 Å². The molecule has 0 atom stereocenters. The largest absolute Gasteiger partial charge is 0.495 e. The van der Waals surface area contributed by atoms with Crippen LogP contribution in [0.25, 0.3) is 0 Å². The Morgan fingerprint density at radius 2 is 2.07 bits per heavy atom. The first kappa shape index (κ1) is 10.2. The second-order valence-electron chi connectivity index (χ2n) is 3.74. The monoisotopic (exact) mass is 207 g/mol. The average molecular weight is 207 g/mol. The van der Waals surface area contributed by atoms with Crippen molar-refractivity contribution >= 4 is 5.82 Å². The lowest BCUT2D eigenvalue weighted by Crippen LogP contribution is -2.35. The Bertz CT molecular complexity index is 293. The molecule has 1 fully saturated rings. The van der Waals surface area contributed by atoms with E-state index in [0.717, 1.165) is 24.7 Å². The number of ether oxygens (including phenoxy) is 1. The molecule has 0 saturated carbocycles. The first-order valence-corrected chi connectivity index (χ1v) is 5.40.